The molecule has 0 radical (unpaired) electrons. The predicted molar refractivity (Wildman–Crippen MR) is 68.3 cm³/mol. The first-order chi connectivity index (χ1) is 6.81. The molecule has 0 saturated heterocycles. The maximum absolute atomic E-state index is 2.37. The van der Waals surface area contributed by atoms with Crippen molar-refractivity contribution in [1.29, 1.82) is 0 Å². The van der Waals surface area contributed by atoms with Gasteiger partial charge in [-0.25, -0.2) is 0 Å². The van der Waals surface area contributed by atoms with Crippen LogP contribution in [0.25, 0.3) is 0 Å². The second-order valence-electron chi connectivity index (χ2n) is 5.80. The lowest BCUT2D eigenvalue weighted by atomic mass is 9.62. The maximum atomic E-state index is 2.37. The minimum Gasteiger partial charge on any atom is -0.0645 e. The first-order valence-corrected chi connectivity index (χ1v) is 5.88. The average Bonchev–Trinajstić information content (AvgIpc) is 2.16. The third-order valence-electron chi connectivity index (χ3n) is 4.05. The van der Waals surface area contributed by atoms with Crippen LogP contribution in [0.4, 0.5) is 0 Å². The van der Waals surface area contributed by atoms with Crippen LogP contribution in [0.1, 0.15) is 52.2 Å². The Hall–Kier alpha value is -0.780. The van der Waals surface area contributed by atoms with Crippen LogP contribution >= 0.6 is 0 Å². The van der Waals surface area contributed by atoms with E-state index in [4.69, 9.17) is 0 Å². The van der Waals surface area contributed by atoms with E-state index >= 15 is 0 Å². The highest BCUT2D eigenvalue weighted by Gasteiger charge is 2.36. The van der Waals surface area contributed by atoms with Gasteiger partial charge in [-0.1, -0.05) is 64.4 Å². The normalized spacial score (nSPS) is 16.1. The van der Waals surface area contributed by atoms with Gasteiger partial charge in [0.25, 0.3) is 0 Å². The molecule has 1 atom stereocenters. The van der Waals surface area contributed by atoms with E-state index < -0.39 is 0 Å². The fourth-order valence-corrected chi connectivity index (χ4v) is 2.09. The van der Waals surface area contributed by atoms with Crippen LogP contribution in [0.5, 0.6) is 0 Å². The van der Waals surface area contributed by atoms with Gasteiger partial charge in [-0.3, -0.25) is 0 Å². The molecular formula is C15H24. The summed E-state index contributed by atoms with van der Waals surface area (Å²) in [7, 11) is 0. The Kier molecular flexibility index (Phi) is 3.28. The Balaban J connectivity index is 3.18. The molecule has 0 nitrogen and oxygen atoms in total. The Morgan fingerprint density at radius 1 is 0.933 bits per heavy atom. The van der Waals surface area contributed by atoms with Gasteiger partial charge in [0.1, 0.15) is 0 Å². The van der Waals surface area contributed by atoms with Gasteiger partial charge in [0.05, 0.1) is 0 Å². The molecule has 0 bridgehead atoms. The summed E-state index contributed by atoms with van der Waals surface area (Å²) in [6, 6.07) is 9.00. The molecule has 1 unspecified atom stereocenters. The fraction of sp³-hybridized carbons (Fsp3) is 0.600. The number of benzene rings is 1. The molecule has 0 aromatic heterocycles. The number of hydrogen-bond acceptors (Lipinski definition) is 0. The van der Waals surface area contributed by atoms with Gasteiger partial charge in [0.15, 0.2) is 0 Å². The van der Waals surface area contributed by atoms with E-state index in [1.165, 1.54) is 17.5 Å². The molecule has 1 aromatic carbocycles. The molecule has 0 amide bonds. The summed E-state index contributed by atoms with van der Waals surface area (Å²) in [6.45, 7) is 13.8. The van der Waals surface area contributed by atoms with Gasteiger partial charge < -0.3 is 0 Å². The van der Waals surface area contributed by atoms with E-state index in [2.05, 4.69) is 65.8 Å². The number of hydrogen-bond donors (Lipinski definition) is 0. The molecule has 0 spiro atoms. The first kappa shape index (κ1) is 12.3. The molecule has 0 aliphatic rings. The van der Waals surface area contributed by atoms with E-state index in [-0.39, 0.29) is 5.41 Å². The van der Waals surface area contributed by atoms with Crippen molar-refractivity contribution < 1.29 is 0 Å². The highest BCUT2D eigenvalue weighted by molar-refractivity contribution is 5.29. The molecule has 0 heteroatoms. The van der Waals surface area contributed by atoms with E-state index in [0.29, 0.717) is 5.41 Å². The minimum atomic E-state index is 0.265. The lowest BCUT2D eigenvalue weighted by Gasteiger charge is -2.42. The van der Waals surface area contributed by atoms with Crippen molar-refractivity contribution in [3.8, 4) is 0 Å². The fourth-order valence-electron chi connectivity index (χ4n) is 2.09. The van der Waals surface area contributed by atoms with E-state index in [9.17, 15) is 0 Å². The molecule has 0 heterocycles. The van der Waals surface area contributed by atoms with Crippen molar-refractivity contribution in [2.75, 3.05) is 0 Å². The molecule has 0 N–H and O–H groups in total. The van der Waals surface area contributed by atoms with Gasteiger partial charge in [0, 0.05) is 0 Å². The largest absolute Gasteiger partial charge is 0.0645 e. The summed E-state index contributed by atoms with van der Waals surface area (Å²) in [4.78, 5) is 0. The van der Waals surface area contributed by atoms with Crippen LogP contribution in [0, 0.1) is 12.3 Å². The van der Waals surface area contributed by atoms with Gasteiger partial charge in [-0.05, 0) is 29.7 Å². The summed E-state index contributed by atoms with van der Waals surface area (Å²) in [6.07, 6.45) is 1.18. The van der Waals surface area contributed by atoms with Crippen LogP contribution in [0.15, 0.2) is 24.3 Å². The summed E-state index contributed by atoms with van der Waals surface area (Å²) in [5.74, 6) is 0. The van der Waals surface area contributed by atoms with Gasteiger partial charge in [-0.2, -0.15) is 0 Å². The third-order valence-corrected chi connectivity index (χ3v) is 4.05. The molecule has 1 rings (SSSR count). The molecule has 84 valence electrons. The van der Waals surface area contributed by atoms with Crippen molar-refractivity contribution in [3.05, 3.63) is 35.4 Å². The predicted octanol–water partition coefficient (Wildman–Crippen LogP) is 4.71. The Labute approximate surface area is 94.7 Å². The van der Waals surface area contributed by atoms with Crippen LogP contribution in [-0.2, 0) is 5.41 Å². The summed E-state index contributed by atoms with van der Waals surface area (Å²) < 4.78 is 0. The molecule has 0 saturated carbocycles. The Bertz CT molecular complexity index is 313. The SMILES string of the molecule is CCC(C)(c1ccc(C)cc1)C(C)(C)C. The number of aryl methyl sites for hydroxylation is 1. The van der Waals surface area contributed by atoms with Crippen molar-refractivity contribution in [2.24, 2.45) is 5.41 Å². The Morgan fingerprint density at radius 2 is 1.40 bits per heavy atom. The zero-order valence-electron chi connectivity index (χ0n) is 11.0. The zero-order valence-corrected chi connectivity index (χ0v) is 11.0. The third kappa shape index (κ3) is 2.25. The molecule has 0 fully saturated rings. The quantitative estimate of drug-likeness (QED) is 0.654. The standard InChI is InChI=1S/C15H24/c1-7-15(6,14(3,4)5)13-10-8-12(2)9-11-13/h8-11H,7H2,1-6H3. The van der Waals surface area contributed by atoms with Gasteiger partial charge >= 0.3 is 0 Å². The molecule has 15 heavy (non-hydrogen) atoms. The lowest BCUT2D eigenvalue weighted by Crippen LogP contribution is -2.36. The molecular weight excluding hydrogens is 180 g/mol. The smallest absolute Gasteiger partial charge is 0.00294 e. The zero-order chi connectivity index (χ0) is 11.7. The van der Waals surface area contributed by atoms with Crippen LogP contribution < -0.4 is 0 Å². The van der Waals surface area contributed by atoms with Crippen LogP contribution in [0.2, 0.25) is 0 Å². The van der Waals surface area contributed by atoms with Crippen LogP contribution in [0.3, 0.4) is 0 Å². The highest BCUT2D eigenvalue weighted by Crippen LogP contribution is 2.43. The minimum absolute atomic E-state index is 0.265. The van der Waals surface area contributed by atoms with E-state index in [1.807, 2.05) is 0 Å². The van der Waals surface area contributed by atoms with Gasteiger partial charge in [-0.15, -0.1) is 0 Å². The van der Waals surface area contributed by atoms with Gasteiger partial charge in [0.2, 0.25) is 0 Å². The van der Waals surface area contributed by atoms with E-state index in [0.717, 1.165) is 0 Å². The average molecular weight is 204 g/mol. The Morgan fingerprint density at radius 3 is 1.73 bits per heavy atom. The van der Waals surface area contributed by atoms with Crippen LogP contribution in [-0.4, -0.2) is 0 Å². The van der Waals surface area contributed by atoms with Crippen molar-refractivity contribution in [3.63, 3.8) is 0 Å². The van der Waals surface area contributed by atoms with Crippen molar-refractivity contribution >= 4 is 0 Å². The highest BCUT2D eigenvalue weighted by atomic mass is 14.4. The number of rotatable bonds is 2. The molecule has 0 aliphatic carbocycles. The first-order valence-electron chi connectivity index (χ1n) is 5.88. The monoisotopic (exact) mass is 204 g/mol. The maximum Gasteiger partial charge on any atom is -0.00294 e. The summed E-state index contributed by atoms with van der Waals surface area (Å²) >= 11 is 0. The lowest BCUT2D eigenvalue weighted by molar-refractivity contribution is 0.196. The molecule has 1 aromatic rings. The van der Waals surface area contributed by atoms with E-state index in [1.54, 1.807) is 0 Å². The van der Waals surface area contributed by atoms with Crippen molar-refractivity contribution in [1.82, 2.24) is 0 Å². The molecule has 0 aliphatic heterocycles. The second kappa shape index (κ2) is 4.00. The second-order valence-corrected chi connectivity index (χ2v) is 5.80. The topological polar surface area (TPSA) is 0 Å². The summed E-state index contributed by atoms with van der Waals surface area (Å²) in [5.41, 5.74) is 3.37. The van der Waals surface area contributed by atoms with Crippen molar-refractivity contribution in [2.45, 2.75) is 53.4 Å². The summed E-state index contributed by atoms with van der Waals surface area (Å²) in [5, 5.41) is 0.